The molecule has 0 unspecified atom stereocenters. The monoisotopic (exact) mass is 242 g/mol. The summed E-state index contributed by atoms with van der Waals surface area (Å²) < 4.78 is 5.33. The van der Waals surface area contributed by atoms with Crippen molar-refractivity contribution < 1.29 is 9.66 Å². The van der Waals surface area contributed by atoms with Gasteiger partial charge in [0.15, 0.2) is 0 Å². The Morgan fingerprint density at radius 2 is 2.00 bits per heavy atom. The maximum absolute atomic E-state index is 10.9. The first-order chi connectivity index (χ1) is 8.66. The molecule has 5 nitrogen and oxygen atoms in total. The smallest absolute Gasteiger partial charge is 0.309 e. The molecule has 1 aliphatic rings. The molecular weight excluding hydrogens is 232 g/mol. The molecule has 0 bridgehead atoms. The van der Waals surface area contributed by atoms with E-state index in [2.05, 4.69) is 0 Å². The summed E-state index contributed by atoms with van der Waals surface area (Å²) in [6, 6.07) is 11.4. The van der Waals surface area contributed by atoms with Gasteiger partial charge < -0.3 is 10.5 Å². The standard InChI is InChI=1S/C13H10N2O3/c14-13-11(15(16)17)7-10-9-4-2-1-3-8(9)5-6-12(10)18-13/h1-6H,7,14H2. The lowest BCUT2D eigenvalue weighted by Gasteiger charge is -2.17. The van der Waals surface area contributed by atoms with E-state index in [4.69, 9.17) is 10.5 Å². The molecule has 0 fully saturated rings. The van der Waals surface area contributed by atoms with Gasteiger partial charge in [0, 0.05) is 5.56 Å². The number of nitrogens with zero attached hydrogens (tertiary/aromatic N) is 1. The van der Waals surface area contributed by atoms with Gasteiger partial charge in [-0.1, -0.05) is 30.3 Å². The van der Waals surface area contributed by atoms with Gasteiger partial charge in [0.05, 0.1) is 11.3 Å². The number of fused-ring (bicyclic) bond motifs is 3. The molecular formula is C13H10N2O3. The van der Waals surface area contributed by atoms with Gasteiger partial charge >= 0.3 is 5.70 Å². The normalized spacial score (nSPS) is 14.2. The third kappa shape index (κ3) is 1.48. The van der Waals surface area contributed by atoms with E-state index in [0.29, 0.717) is 5.75 Å². The van der Waals surface area contributed by atoms with Crippen molar-refractivity contribution in [2.75, 3.05) is 0 Å². The minimum atomic E-state index is -0.486. The van der Waals surface area contributed by atoms with Crippen molar-refractivity contribution in [3.63, 3.8) is 0 Å². The van der Waals surface area contributed by atoms with E-state index in [1.807, 2.05) is 30.3 Å². The molecule has 0 spiro atoms. The molecule has 2 aromatic rings. The van der Waals surface area contributed by atoms with E-state index in [0.717, 1.165) is 16.3 Å². The molecule has 0 radical (unpaired) electrons. The fourth-order valence-corrected chi connectivity index (χ4v) is 2.18. The van der Waals surface area contributed by atoms with Gasteiger partial charge in [0.25, 0.3) is 5.88 Å². The minimum absolute atomic E-state index is 0.0844. The third-order valence-electron chi connectivity index (χ3n) is 3.07. The fraction of sp³-hybridized carbons (Fsp3) is 0.0769. The van der Waals surface area contributed by atoms with Crippen LogP contribution in [0.1, 0.15) is 5.56 Å². The quantitative estimate of drug-likeness (QED) is 0.614. The summed E-state index contributed by atoms with van der Waals surface area (Å²) in [7, 11) is 0. The van der Waals surface area contributed by atoms with Crippen molar-refractivity contribution in [1.29, 1.82) is 0 Å². The first kappa shape index (κ1) is 10.6. The van der Waals surface area contributed by atoms with E-state index >= 15 is 0 Å². The van der Waals surface area contributed by atoms with Crippen LogP contribution in [0.2, 0.25) is 0 Å². The van der Waals surface area contributed by atoms with Crippen LogP contribution in [-0.2, 0) is 6.42 Å². The highest BCUT2D eigenvalue weighted by molar-refractivity contribution is 5.88. The highest BCUT2D eigenvalue weighted by Gasteiger charge is 2.27. The van der Waals surface area contributed by atoms with Crippen LogP contribution < -0.4 is 10.5 Å². The maximum Gasteiger partial charge on any atom is 0.309 e. The van der Waals surface area contributed by atoms with Crippen molar-refractivity contribution in [1.82, 2.24) is 0 Å². The van der Waals surface area contributed by atoms with Crippen LogP contribution in [0.5, 0.6) is 5.75 Å². The first-order valence-electron chi connectivity index (χ1n) is 5.48. The molecule has 2 aromatic carbocycles. The van der Waals surface area contributed by atoms with Crippen LogP contribution >= 0.6 is 0 Å². The summed E-state index contributed by atoms with van der Waals surface area (Å²) in [6.07, 6.45) is 0.190. The van der Waals surface area contributed by atoms with Crippen molar-refractivity contribution >= 4 is 10.8 Å². The van der Waals surface area contributed by atoms with Crippen LogP contribution in [-0.4, -0.2) is 4.92 Å². The topological polar surface area (TPSA) is 78.4 Å². The average molecular weight is 242 g/mol. The van der Waals surface area contributed by atoms with Gasteiger partial charge in [-0.2, -0.15) is 0 Å². The Balaban J connectivity index is 2.22. The minimum Gasteiger partial charge on any atom is -0.435 e. The second kappa shape index (κ2) is 3.73. The lowest BCUT2D eigenvalue weighted by molar-refractivity contribution is -0.430. The number of ether oxygens (including phenoxy) is 1. The molecule has 2 N–H and O–H groups in total. The molecule has 1 aliphatic heterocycles. The number of nitrogens with two attached hydrogens (primary N) is 1. The molecule has 0 aromatic heterocycles. The highest BCUT2D eigenvalue weighted by Crippen LogP contribution is 2.34. The molecule has 3 rings (SSSR count). The molecule has 5 heteroatoms. The van der Waals surface area contributed by atoms with Gasteiger partial charge in [-0.3, -0.25) is 10.1 Å². The van der Waals surface area contributed by atoms with Crippen molar-refractivity contribution in [3.8, 4) is 5.75 Å². The summed E-state index contributed by atoms with van der Waals surface area (Å²) in [5.74, 6) is 0.472. The Morgan fingerprint density at radius 3 is 2.78 bits per heavy atom. The zero-order valence-electron chi connectivity index (χ0n) is 9.42. The van der Waals surface area contributed by atoms with Gasteiger partial charge in [0.2, 0.25) is 0 Å². The molecule has 0 aliphatic carbocycles. The maximum atomic E-state index is 10.9. The van der Waals surface area contributed by atoms with Crippen molar-refractivity contribution in [2.24, 2.45) is 5.73 Å². The summed E-state index contributed by atoms with van der Waals surface area (Å²) >= 11 is 0. The molecule has 0 saturated heterocycles. The Labute approximate surface area is 103 Å². The third-order valence-corrected chi connectivity index (χ3v) is 3.07. The van der Waals surface area contributed by atoms with Crippen molar-refractivity contribution in [3.05, 3.63) is 63.7 Å². The van der Waals surface area contributed by atoms with Crippen molar-refractivity contribution in [2.45, 2.75) is 6.42 Å². The predicted octanol–water partition coefficient (Wildman–Crippen LogP) is 2.18. The summed E-state index contributed by atoms with van der Waals surface area (Å²) in [5.41, 5.74) is 6.28. The number of hydrogen-bond acceptors (Lipinski definition) is 4. The molecule has 18 heavy (non-hydrogen) atoms. The Morgan fingerprint density at radius 1 is 1.22 bits per heavy atom. The van der Waals surface area contributed by atoms with Gasteiger partial charge in [-0.05, 0) is 16.8 Å². The lowest BCUT2D eigenvalue weighted by Crippen LogP contribution is -2.21. The highest BCUT2D eigenvalue weighted by atomic mass is 16.6. The van der Waals surface area contributed by atoms with Gasteiger partial charge in [-0.25, -0.2) is 0 Å². The van der Waals surface area contributed by atoms with Gasteiger partial charge in [-0.15, -0.1) is 0 Å². The summed E-state index contributed by atoms with van der Waals surface area (Å²) in [5, 5.41) is 12.9. The molecule has 0 saturated carbocycles. The zero-order chi connectivity index (χ0) is 12.7. The Hall–Kier alpha value is -2.56. The second-order valence-electron chi connectivity index (χ2n) is 4.11. The summed E-state index contributed by atoms with van der Waals surface area (Å²) in [6.45, 7) is 0. The molecule has 0 amide bonds. The number of allylic oxidation sites excluding steroid dienone is 1. The van der Waals surface area contributed by atoms with E-state index in [1.54, 1.807) is 6.07 Å². The largest absolute Gasteiger partial charge is 0.435 e. The number of benzene rings is 2. The van der Waals surface area contributed by atoms with Crippen LogP contribution in [0, 0.1) is 10.1 Å². The SMILES string of the molecule is NC1=C([N+](=O)[O-])Cc2c(ccc3ccccc23)O1. The van der Waals surface area contributed by atoms with Crippen LogP contribution in [0.25, 0.3) is 10.8 Å². The lowest BCUT2D eigenvalue weighted by atomic mass is 9.98. The number of hydrogen-bond donors (Lipinski definition) is 1. The van der Waals surface area contributed by atoms with Gasteiger partial charge in [0.1, 0.15) is 5.75 Å². The van der Waals surface area contributed by atoms with E-state index < -0.39 is 4.92 Å². The van der Waals surface area contributed by atoms with E-state index in [-0.39, 0.29) is 18.0 Å². The first-order valence-corrected chi connectivity index (χ1v) is 5.48. The predicted molar refractivity (Wildman–Crippen MR) is 66.5 cm³/mol. The summed E-state index contributed by atoms with van der Waals surface area (Å²) in [4.78, 5) is 10.4. The van der Waals surface area contributed by atoms with Crippen LogP contribution in [0.3, 0.4) is 0 Å². The fourth-order valence-electron chi connectivity index (χ4n) is 2.18. The molecule has 1 heterocycles. The average Bonchev–Trinajstić information content (AvgIpc) is 2.37. The molecule has 0 atom stereocenters. The number of nitro groups is 1. The zero-order valence-corrected chi connectivity index (χ0v) is 9.42. The number of rotatable bonds is 1. The molecule has 90 valence electrons. The van der Waals surface area contributed by atoms with Crippen LogP contribution in [0.15, 0.2) is 48.0 Å². The van der Waals surface area contributed by atoms with E-state index in [1.165, 1.54) is 0 Å². The van der Waals surface area contributed by atoms with E-state index in [9.17, 15) is 10.1 Å². The van der Waals surface area contributed by atoms with Crippen LogP contribution in [0.4, 0.5) is 0 Å². The Kier molecular flexibility index (Phi) is 2.19. The second-order valence-corrected chi connectivity index (χ2v) is 4.11. The Bertz CT molecular complexity index is 692.